The second-order valence-corrected chi connectivity index (χ2v) is 10.3. The summed E-state index contributed by atoms with van der Waals surface area (Å²) in [4.78, 5) is 17.5. The second-order valence-electron chi connectivity index (χ2n) is 9.59. The molecule has 0 aliphatic carbocycles. The van der Waals surface area contributed by atoms with Gasteiger partial charge in [0.05, 0.1) is 12.2 Å². The lowest BCUT2D eigenvalue weighted by Crippen LogP contribution is -2.32. The van der Waals surface area contributed by atoms with Crippen molar-refractivity contribution in [2.24, 2.45) is 11.8 Å². The average Bonchev–Trinajstić information content (AvgIpc) is 3.16. The van der Waals surface area contributed by atoms with Gasteiger partial charge in [0, 0.05) is 24.6 Å². The Hall–Kier alpha value is -2.24. The maximum absolute atomic E-state index is 12.9. The van der Waals surface area contributed by atoms with E-state index < -0.39 is 0 Å². The monoisotopic (exact) mass is 511 g/mol. The van der Waals surface area contributed by atoms with Gasteiger partial charge >= 0.3 is 0 Å². The van der Waals surface area contributed by atoms with Gasteiger partial charge in [0.1, 0.15) is 5.82 Å². The summed E-state index contributed by atoms with van der Waals surface area (Å²) in [7, 11) is 0. The molecule has 1 atom stereocenters. The van der Waals surface area contributed by atoms with Gasteiger partial charge in [-0.25, -0.2) is 4.98 Å². The van der Waals surface area contributed by atoms with Crippen molar-refractivity contribution in [2.75, 3.05) is 5.75 Å². The number of hydrogen-bond acceptors (Lipinski definition) is 3. The molecule has 0 saturated heterocycles. The molecular formula is C29H38ClN3OS. The van der Waals surface area contributed by atoms with E-state index in [1.165, 1.54) is 16.7 Å². The van der Waals surface area contributed by atoms with Crippen molar-refractivity contribution < 1.29 is 4.79 Å². The Balaban J connectivity index is 1.77. The van der Waals surface area contributed by atoms with Crippen LogP contribution in [-0.2, 0) is 24.3 Å². The van der Waals surface area contributed by atoms with E-state index in [-0.39, 0.29) is 11.8 Å². The maximum atomic E-state index is 12.9. The van der Waals surface area contributed by atoms with Gasteiger partial charge in [0.2, 0.25) is 5.91 Å². The predicted molar refractivity (Wildman–Crippen MR) is 150 cm³/mol. The van der Waals surface area contributed by atoms with Crippen LogP contribution in [0, 0.1) is 11.8 Å². The van der Waals surface area contributed by atoms with Crippen LogP contribution in [0.4, 0.5) is 0 Å². The summed E-state index contributed by atoms with van der Waals surface area (Å²) in [5, 5.41) is 3.58. The molecule has 3 aromatic rings. The number of halogens is 1. The number of nitrogens with one attached hydrogen (secondary N) is 1. The Kier molecular flexibility index (Phi) is 10.7. The molecule has 0 aliphatic heterocycles. The first kappa shape index (κ1) is 27.3. The Bertz CT molecular complexity index is 1060. The van der Waals surface area contributed by atoms with Crippen LogP contribution in [0.25, 0.3) is 11.1 Å². The number of aryl methyl sites for hydroxylation is 1. The lowest BCUT2D eigenvalue weighted by Gasteiger charge is -2.17. The Labute approximate surface area is 220 Å². The molecule has 0 saturated carbocycles. The van der Waals surface area contributed by atoms with Crippen molar-refractivity contribution in [1.29, 1.82) is 0 Å². The molecule has 2 aromatic carbocycles. The van der Waals surface area contributed by atoms with Crippen LogP contribution in [-0.4, -0.2) is 21.2 Å². The summed E-state index contributed by atoms with van der Waals surface area (Å²) in [5.41, 5.74) is 4.43. The smallest absolute Gasteiger partial charge is 0.224 e. The molecule has 0 spiro atoms. The molecule has 1 amide bonds. The van der Waals surface area contributed by atoms with Crippen LogP contribution >= 0.6 is 24.2 Å². The van der Waals surface area contributed by atoms with Crippen LogP contribution < -0.4 is 5.32 Å². The van der Waals surface area contributed by atoms with Gasteiger partial charge in [0.25, 0.3) is 0 Å². The highest BCUT2D eigenvalue weighted by Crippen LogP contribution is 2.24. The maximum Gasteiger partial charge on any atom is 0.224 e. The van der Waals surface area contributed by atoms with Gasteiger partial charge in [-0.1, -0.05) is 99.8 Å². The minimum Gasteiger partial charge on any atom is -0.350 e. The van der Waals surface area contributed by atoms with Crippen molar-refractivity contribution in [3.63, 3.8) is 0 Å². The first-order chi connectivity index (χ1) is 16.9. The Morgan fingerprint density at radius 2 is 1.74 bits per heavy atom. The molecule has 188 valence electrons. The zero-order chi connectivity index (χ0) is 25.2. The predicted octanol–water partition coefficient (Wildman–Crippen LogP) is 7.19. The van der Waals surface area contributed by atoms with Gasteiger partial charge < -0.3 is 9.88 Å². The Morgan fingerprint density at radius 3 is 2.37 bits per heavy atom. The molecule has 0 radical (unpaired) electrons. The molecule has 0 fully saturated rings. The third-order valence-electron chi connectivity index (χ3n) is 6.37. The topological polar surface area (TPSA) is 46.9 Å². The minimum atomic E-state index is -0.0963. The van der Waals surface area contributed by atoms with Crippen molar-refractivity contribution in [1.82, 2.24) is 14.9 Å². The van der Waals surface area contributed by atoms with Crippen LogP contribution in [0.1, 0.15) is 63.5 Å². The molecule has 6 heteroatoms. The number of amides is 1. The lowest BCUT2D eigenvalue weighted by atomic mass is 9.98. The first-order valence-electron chi connectivity index (χ1n) is 12.7. The first-order valence-corrected chi connectivity index (χ1v) is 13.7. The number of aromatic nitrogens is 2. The van der Waals surface area contributed by atoms with Crippen LogP contribution in [0.5, 0.6) is 0 Å². The largest absolute Gasteiger partial charge is 0.350 e. The summed E-state index contributed by atoms with van der Waals surface area (Å²) in [6, 6.07) is 19.0. The van der Waals surface area contributed by atoms with E-state index in [0.717, 1.165) is 43.6 Å². The van der Waals surface area contributed by atoms with Gasteiger partial charge in [-0.2, -0.15) is 12.6 Å². The van der Waals surface area contributed by atoms with Crippen LogP contribution in [0.3, 0.4) is 0 Å². The number of thiol groups is 1. The van der Waals surface area contributed by atoms with E-state index in [2.05, 4.69) is 96.8 Å². The molecule has 1 unspecified atom stereocenters. The van der Waals surface area contributed by atoms with E-state index in [4.69, 9.17) is 11.6 Å². The number of nitrogens with zero attached hydrogens (tertiary/aromatic N) is 2. The standard InChI is InChI=1S/C29H38ClN3OS/c1-4-5-11-27-32-28(30)26(18-31-29(34)25(20-35)15-12-21(2)3)33(27)19-22-13-16-24(17-14-22)23-9-7-6-8-10-23/h6-10,13-14,16-17,21,25,35H,4-5,11-12,15,18-20H2,1-3H3,(H,31,34). The van der Waals surface area contributed by atoms with E-state index in [1.54, 1.807) is 0 Å². The minimum absolute atomic E-state index is 0.0341. The summed E-state index contributed by atoms with van der Waals surface area (Å²) in [5.74, 6) is 2.02. The highest BCUT2D eigenvalue weighted by molar-refractivity contribution is 7.80. The number of unbranched alkanes of at least 4 members (excludes halogenated alkanes) is 1. The fraction of sp³-hybridized carbons (Fsp3) is 0.448. The third-order valence-corrected chi connectivity index (χ3v) is 7.12. The van der Waals surface area contributed by atoms with Gasteiger partial charge in [-0.15, -0.1) is 0 Å². The van der Waals surface area contributed by atoms with E-state index in [1.807, 2.05) is 6.07 Å². The highest BCUT2D eigenvalue weighted by atomic mass is 35.5. The summed E-state index contributed by atoms with van der Waals surface area (Å²) in [6.45, 7) is 7.56. The van der Waals surface area contributed by atoms with E-state index >= 15 is 0 Å². The number of benzene rings is 2. The molecule has 0 bridgehead atoms. The summed E-state index contributed by atoms with van der Waals surface area (Å²) in [6.07, 6.45) is 4.84. The fourth-order valence-electron chi connectivity index (χ4n) is 4.16. The molecule has 3 rings (SSSR count). The highest BCUT2D eigenvalue weighted by Gasteiger charge is 2.20. The van der Waals surface area contributed by atoms with Crippen molar-refractivity contribution in [3.05, 3.63) is 76.8 Å². The number of carbonyl (C=O) groups is 1. The van der Waals surface area contributed by atoms with Crippen molar-refractivity contribution >= 4 is 30.1 Å². The zero-order valence-corrected chi connectivity index (χ0v) is 22.8. The van der Waals surface area contributed by atoms with Gasteiger partial charge in [-0.3, -0.25) is 4.79 Å². The number of carbonyl (C=O) groups excluding carboxylic acids is 1. The number of imidazole rings is 1. The van der Waals surface area contributed by atoms with Crippen LogP contribution in [0.2, 0.25) is 5.15 Å². The lowest BCUT2D eigenvalue weighted by molar-refractivity contribution is -0.124. The van der Waals surface area contributed by atoms with E-state index in [0.29, 0.717) is 29.9 Å². The molecule has 1 heterocycles. The quantitative estimate of drug-likeness (QED) is 0.238. The van der Waals surface area contributed by atoms with Crippen molar-refractivity contribution in [3.8, 4) is 11.1 Å². The summed E-state index contributed by atoms with van der Waals surface area (Å²) < 4.78 is 2.18. The molecular weight excluding hydrogens is 474 g/mol. The SMILES string of the molecule is CCCCc1nc(Cl)c(CNC(=O)C(CS)CCC(C)C)n1Cc1ccc(-c2ccccc2)cc1. The fourth-order valence-corrected chi connectivity index (χ4v) is 4.77. The third kappa shape index (κ3) is 7.88. The molecule has 35 heavy (non-hydrogen) atoms. The average molecular weight is 512 g/mol. The molecule has 1 N–H and O–H groups in total. The molecule has 1 aromatic heterocycles. The zero-order valence-electron chi connectivity index (χ0n) is 21.1. The normalized spacial score (nSPS) is 12.2. The molecule has 0 aliphatic rings. The molecule has 4 nitrogen and oxygen atoms in total. The Morgan fingerprint density at radius 1 is 1.06 bits per heavy atom. The second kappa shape index (κ2) is 13.7. The van der Waals surface area contributed by atoms with Crippen LogP contribution in [0.15, 0.2) is 54.6 Å². The number of hydrogen-bond donors (Lipinski definition) is 2. The summed E-state index contributed by atoms with van der Waals surface area (Å²) >= 11 is 11.0. The van der Waals surface area contributed by atoms with E-state index in [9.17, 15) is 4.79 Å². The van der Waals surface area contributed by atoms with Gasteiger partial charge in [-0.05, 0) is 35.4 Å². The van der Waals surface area contributed by atoms with Crippen molar-refractivity contribution in [2.45, 2.75) is 66.0 Å². The number of rotatable bonds is 13. The van der Waals surface area contributed by atoms with Gasteiger partial charge in [0.15, 0.2) is 5.15 Å².